The average Bonchev–Trinajstić information content (AvgIpc) is 3.54. The number of carbonyl (C=O) groups is 2. The van der Waals surface area contributed by atoms with Crippen LogP contribution in [0, 0.1) is 20.2 Å². The predicted octanol–water partition coefficient (Wildman–Crippen LogP) is 5.88. The summed E-state index contributed by atoms with van der Waals surface area (Å²) >= 11 is 0. The van der Waals surface area contributed by atoms with Gasteiger partial charge >= 0.3 is 12.1 Å². The van der Waals surface area contributed by atoms with Gasteiger partial charge in [0.15, 0.2) is 0 Å². The highest BCUT2D eigenvalue weighted by molar-refractivity contribution is 5.69. The van der Waals surface area contributed by atoms with Gasteiger partial charge in [-0.15, -0.1) is 0 Å². The zero-order valence-electron chi connectivity index (χ0n) is 26.6. The maximum atomic E-state index is 12.4. The molecule has 1 aliphatic rings. The van der Waals surface area contributed by atoms with E-state index in [1.54, 1.807) is 36.8 Å². The summed E-state index contributed by atoms with van der Waals surface area (Å²) in [4.78, 5) is 45.8. The second-order valence-electron chi connectivity index (χ2n) is 12.3. The molecule has 1 saturated heterocycles. The second-order valence-corrected chi connectivity index (χ2v) is 12.3. The van der Waals surface area contributed by atoms with E-state index in [4.69, 9.17) is 18.6 Å². The highest BCUT2D eigenvalue weighted by Gasteiger charge is 2.30. The maximum absolute atomic E-state index is 12.4. The van der Waals surface area contributed by atoms with Crippen LogP contribution in [0.3, 0.4) is 0 Å². The maximum Gasteiger partial charge on any atom is 0.511 e. The van der Waals surface area contributed by atoms with Crippen molar-refractivity contribution in [1.29, 1.82) is 0 Å². The van der Waals surface area contributed by atoms with Crippen molar-refractivity contribution in [2.45, 2.75) is 51.7 Å². The molecule has 0 aliphatic carbocycles. The molecule has 1 fully saturated rings. The van der Waals surface area contributed by atoms with Crippen molar-refractivity contribution in [3.8, 4) is 0 Å². The van der Waals surface area contributed by atoms with Gasteiger partial charge in [-0.1, -0.05) is 0 Å². The molecule has 0 bridgehead atoms. The number of hydrogen-bond acceptors (Lipinski definition) is 10. The van der Waals surface area contributed by atoms with Crippen molar-refractivity contribution >= 4 is 23.5 Å². The molecule has 0 saturated carbocycles. The Morgan fingerprint density at radius 2 is 1.45 bits per heavy atom. The van der Waals surface area contributed by atoms with E-state index in [2.05, 4.69) is 0 Å². The van der Waals surface area contributed by atoms with Crippen LogP contribution >= 0.6 is 0 Å². The largest absolute Gasteiger partial charge is 0.511 e. The van der Waals surface area contributed by atoms with Crippen LogP contribution in [0.5, 0.6) is 0 Å². The standard InChI is InChI=1S/C33H42N4O10/c1-36(23-29-15-20-44-25-29,22-27-7-11-30(12-8-27)34(40)41)19-21-45-33(39)47-26-46-32(38)6-5-18-37(16-3-2-4-17-37)24-28-9-13-31(14-10-28)35(42)43/h7-15,20,25H,2-6,16-19,21-24,26H2,1H3/q+2. The molecule has 0 amide bonds. The molecule has 3 aromatic rings. The Bertz CT molecular complexity index is 1470. The molecule has 2 heterocycles. The zero-order chi connectivity index (χ0) is 33.7. The van der Waals surface area contributed by atoms with Crippen LogP contribution in [-0.2, 0) is 38.6 Å². The number of rotatable bonds is 17. The lowest BCUT2D eigenvalue weighted by Crippen LogP contribution is -2.51. The van der Waals surface area contributed by atoms with E-state index in [1.165, 1.54) is 24.3 Å². The van der Waals surface area contributed by atoms with Gasteiger partial charge in [-0.05, 0) is 49.6 Å². The molecule has 1 unspecified atom stereocenters. The van der Waals surface area contributed by atoms with Gasteiger partial charge < -0.3 is 27.6 Å². The quantitative estimate of drug-likeness (QED) is 0.0565. The fraction of sp³-hybridized carbons (Fsp3) is 0.455. The number of hydrogen-bond donors (Lipinski definition) is 0. The zero-order valence-corrected chi connectivity index (χ0v) is 26.6. The first kappa shape index (κ1) is 35.0. The van der Waals surface area contributed by atoms with Crippen molar-refractivity contribution in [3.05, 3.63) is 104 Å². The van der Waals surface area contributed by atoms with Gasteiger partial charge in [-0.2, -0.15) is 0 Å². The van der Waals surface area contributed by atoms with Gasteiger partial charge in [0.2, 0.25) is 6.79 Å². The van der Waals surface area contributed by atoms with E-state index >= 15 is 0 Å². The number of nitro benzene ring substituents is 2. The first-order valence-electron chi connectivity index (χ1n) is 15.7. The Morgan fingerprint density at radius 3 is 2.04 bits per heavy atom. The predicted molar refractivity (Wildman–Crippen MR) is 168 cm³/mol. The molecule has 2 aromatic carbocycles. The number of non-ortho nitro benzene ring substituents is 2. The van der Waals surface area contributed by atoms with Gasteiger partial charge in [0.1, 0.15) is 32.8 Å². The van der Waals surface area contributed by atoms with E-state index in [-0.39, 0.29) is 24.4 Å². The van der Waals surface area contributed by atoms with Crippen LogP contribution < -0.4 is 0 Å². The summed E-state index contributed by atoms with van der Waals surface area (Å²) in [6.45, 7) is 4.46. The van der Waals surface area contributed by atoms with Crippen LogP contribution in [0.4, 0.5) is 16.2 Å². The number of quaternary nitrogens is 2. The summed E-state index contributed by atoms with van der Waals surface area (Å²) in [5.41, 5.74) is 2.94. The lowest BCUT2D eigenvalue weighted by atomic mass is 10.0. The summed E-state index contributed by atoms with van der Waals surface area (Å²) in [6, 6.07) is 14.8. The molecule has 0 spiro atoms. The number of likely N-dealkylation sites (N-methyl/N-ethyl adjacent to an activating group) is 1. The van der Waals surface area contributed by atoms with Crippen LogP contribution in [0.25, 0.3) is 0 Å². The minimum absolute atomic E-state index is 0.0107. The summed E-state index contributed by atoms with van der Waals surface area (Å²) in [7, 11) is 1.98. The van der Waals surface area contributed by atoms with E-state index < -0.39 is 28.8 Å². The number of ether oxygens (including phenoxy) is 3. The lowest BCUT2D eigenvalue weighted by molar-refractivity contribution is -0.945. The van der Waals surface area contributed by atoms with E-state index in [0.717, 1.165) is 66.6 Å². The number of nitro groups is 2. The third-order valence-electron chi connectivity index (χ3n) is 8.55. The highest BCUT2D eigenvalue weighted by atomic mass is 16.8. The first-order chi connectivity index (χ1) is 22.5. The molecule has 0 N–H and O–H groups in total. The minimum atomic E-state index is -0.955. The SMILES string of the molecule is C[N+](CCOC(=O)OCOC(=O)CCC[N+]1(Cc2ccc([N+](=O)[O-])cc2)CCCCC1)(Cc1ccc([N+](=O)[O-])cc1)Cc1ccoc1. The third-order valence-corrected chi connectivity index (χ3v) is 8.55. The molecular formula is C33H42N4O10+2. The number of piperidine rings is 1. The van der Waals surface area contributed by atoms with Gasteiger partial charge in [0.05, 0.1) is 55.5 Å². The van der Waals surface area contributed by atoms with Gasteiger partial charge in [0.25, 0.3) is 11.4 Å². The molecule has 0 radical (unpaired) electrons. The van der Waals surface area contributed by atoms with Crippen LogP contribution in [-0.4, -0.2) is 77.6 Å². The number of likely N-dealkylation sites (tertiary alicyclic amines) is 1. The first-order valence-corrected chi connectivity index (χ1v) is 15.7. The Hall–Kier alpha value is -4.82. The number of esters is 1. The molecule has 4 rings (SSSR count). The topological polar surface area (TPSA) is 161 Å². The number of carbonyl (C=O) groups excluding carboxylic acids is 2. The monoisotopic (exact) mass is 654 g/mol. The number of furan rings is 1. The van der Waals surface area contributed by atoms with Crippen LogP contribution in [0.2, 0.25) is 0 Å². The number of benzene rings is 2. The van der Waals surface area contributed by atoms with Crippen molar-refractivity contribution in [1.82, 2.24) is 0 Å². The number of nitrogens with zero attached hydrogens (tertiary/aromatic N) is 4. The van der Waals surface area contributed by atoms with E-state index in [0.29, 0.717) is 30.5 Å². The Balaban J connectivity index is 1.18. The van der Waals surface area contributed by atoms with Gasteiger partial charge in [-0.3, -0.25) is 25.0 Å². The van der Waals surface area contributed by atoms with Crippen molar-refractivity contribution in [2.24, 2.45) is 0 Å². The minimum Gasteiger partial charge on any atom is -0.472 e. The molecule has 1 atom stereocenters. The van der Waals surface area contributed by atoms with Gasteiger partial charge in [-0.25, -0.2) is 4.79 Å². The molecule has 14 heteroatoms. The molecule has 14 nitrogen and oxygen atoms in total. The van der Waals surface area contributed by atoms with Crippen LogP contribution in [0.15, 0.2) is 71.5 Å². The van der Waals surface area contributed by atoms with Crippen molar-refractivity contribution in [3.63, 3.8) is 0 Å². The Labute approximate surface area is 272 Å². The molecular weight excluding hydrogens is 612 g/mol. The second kappa shape index (κ2) is 16.7. The average molecular weight is 655 g/mol. The van der Waals surface area contributed by atoms with Crippen molar-refractivity contribution < 1.29 is 47.0 Å². The third kappa shape index (κ3) is 11.2. The summed E-state index contributed by atoms with van der Waals surface area (Å²) < 4.78 is 21.8. The molecule has 1 aliphatic heterocycles. The molecule has 47 heavy (non-hydrogen) atoms. The fourth-order valence-electron chi connectivity index (χ4n) is 6.12. The molecule has 1 aromatic heterocycles. The smallest absolute Gasteiger partial charge is 0.472 e. The fourth-order valence-corrected chi connectivity index (χ4v) is 6.12. The van der Waals surface area contributed by atoms with Crippen molar-refractivity contribution in [2.75, 3.05) is 46.6 Å². The van der Waals surface area contributed by atoms with Gasteiger partial charge in [0, 0.05) is 47.4 Å². The summed E-state index contributed by atoms with van der Waals surface area (Å²) in [5, 5.41) is 22.0. The lowest BCUT2D eigenvalue weighted by Gasteiger charge is -2.41. The summed E-state index contributed by atoms with van der Waals surface area (Å²) in [6.07, 6.45) is 6.38. The Kier molecular flexibility index (Phi) is 12.4. The van der Waals surface area contributed by atoms with Crippen LogP contribution in [0.1, 0.15) is 48.8 Å². The normalized spacial score (nSPS) is 15.3. The summed E-state index contributed by atoms with van der Waals surface area (Å²) in [5.74, 6) is -0.476. The van der Waals surface area contributed by atoms with E-state index in [1.807, 2.05) is 13.1 Å². The Morgan fingerprint density at radius 1 is 0.830 bits per heavy atom. The highest BCUT2D eigenvalue weighted by Crippen LogP contribution is 2.25. The molecule has 252 valence electrons. The van der Waals surface area contributed by atoms with E-state index in [9.17, 15) is 29.8 Å².